The highest BCUT2D eigenvalue weighted by molar-refractivity contribution is 6.38. The van der Waals surface area contributed by atoms with Crippen LogP contribution in [-0.2, 0) is 22.6 Å². The molecule has 2 aromatic heterocycles. The fourth-order valence-corrected chi connectivity index (χ4v) is 7.58. The molecule has 3 aliphatic rings. The summed E-state index contributed by atoms with van der Waals surface area (Å²) in [6.07, 6.45) is 5.94. The fraction of sp³-hybridized carbons (Fsp3) is 0.389. The zero-order chi connectivity index (χ0) is 31.8. The molecule has 1 amide bonds. The molecular formula is C36H39Cl2N5O3. The number of ether oxygens (including phenoxy) is 2. The van der Waals surface area contributed by atoms with Gasteiger partial charge in [0.25, 0.3) is 0 Å². The second kappa shape index (κ2) is 13.0. The van der Waals surface area contributed by atoms with Gasteiger partial charge in [0.05, 0.1) is 36.1 Å². The average Bonchev–Trinajstić information content (AvgIpc) is 3.60. The highest BCUT2D eigenvalue weighted by atomic mass is 35.5. The number of benzene rings is 2. The first-order valence-electron chi connectivity index (χ1n) is 15.9. The number of aryl methyl sites for hydroxylation is 1. The van der Waals surface area contributed by atoms with Gasteiger partial charge in [-0.2, -0.15) is 0 Å². The van der Waals surface area contributed by atoms with Crippen molar-refractivity contribution in [3.63, 3.8) is 0 Å². The lowest BCUT2D eigenvalue weighted by Crippen LogP contribution is -2.58. The molecule has 1 saturated carbocycles. The Morgan fingerprint density at radius 3 is 2.61 bits per heavy atom. The molecule has 0 radical (unpaired) electrons. The second-order valence-electron chi connectivity index (χ2n) is 12.9. The van der Waals surface area contributed by atoms with E-state index in [2.05, 4.69) is 45.8 Å². The monoisotopic (exact) mass is 659 g/mol. The van der Waals surface area contributed by atoms with E-state index >= 15 is 0 Å². The minimum atomic E-state index is 0.113. The van der Waals surface area contributed by atoms with E-state index < -0.39 is 0 Å². The minimum Gasteiger partial charge on any atom is -0.481 e. The summed E-state index contributed by atoms with van der Waals surface area (Å²) in [5, 5.41) is 11.3. The molecule has 0 bridgehead atoms. The molecule has 7 rings (SSSR count). The van der Waals surface area contributed by atoms with Gasteiger partial charge in [0.2, 0.25) is 11.8 Å². The lowest BCUT2D eigenvalue weighted by molar-refractivity contribution is -0.167. The molecule has 240 valence electrons. The van der Waals surface area contributed by atoms with Crippen LogP contribution < -0.4 is 20.7 Å². The lowest BCUT2D eigenvalue weighted by Gasteiger charge is -2.53. The third-order valence-corrected chi connectivity index (χ3v) is 10.4. The van der Waals surface area contributed by atoms with Crippen LogP contribution in [0.1, 0.15) is 42.5 Å². The number of nitrogens with zero attached hydrogens (tertiary/aromatic N) is 2. The molecule has 3 N–H and O–H groups in total. The van der Waals surface area contributed by atoms with E-state index in [0.29, 0.717) is 52.6 Å². The number of carbonyl (C=O) groups is 1. The van der Waals surface area contributed by atoms with E-state index in [1.165, 1.54) is 24.1 Å². The quantitative estimate of drug-likeness (QED) is 0.171. The van der Waals surface area contributed by atoms with Crippen LogP contribution in [0.25, 0.3) is 28.1 Å². The summed E-state index contributed by atoms with van der Waals surface area (Å²) < 4.78 is 13.3. The molecule has 10 heteroatoms. The third kappa shape index (κ3) is 6.17. The standard InChI is InChI=1S/C36H39Cl2N5O3/c1-22-12-13-43(32(22)19-40-25-15-36(16-25)20-46-21-36)26-8-9-27(30(37)14-26)28-4-3-5-29(34(28)38)31-10-6-23(35(42-31)45-2)17-39-18-24-7-11-33(44)41-24/h3-6,8-10,12-14,24-25,39-40H,7,11,15-21H2,1-2H3,(H,41,44)/t24-/m0/s1. The Morgan fingerprint density at radius 1 is 1.07 bits per heavy atom. The molecule has 8 nitrogen and oxygen atoms in total. The predicted octanol–water partition coefficient (Wildman–Crippen LogP) is 6.47. The largest absolute Gasteiger partial charge is 0.481 e. The minimum absolute atomic E-state index is 0.113. The zero-order valence-electron chi connectivity index (χ0n) is 26.2. The molecule has 1 aliphatic carbocycles. The molecule has 2 aliphatic heterocycles. The number of nitrogens with one attached hydrogen (secondary N) is 3. The number of amides is 1. The number of carbonyl (C=O) groups excluding carboxylic acids is 1. The molecule has 4 heterocycles. The van der Waals surface area contributed by atoms with Gasteiger partial charge in [0.1, 0.15) is 0 Å². The highest BCUT2D eigenvalue weighted by Crippen LogP contribution is 2.47. The van der Waals surface area contributed by atoms with Crippen molar-refractivity contribution in [3.05, 3.63) is 87.7 Å². The lowest BCUT2D eigenvalue weighted by atomic mass is 9.64. The Bertz CT molecular complexity index is 1760. The molecule has 1 spiro atoms. The number of methoxy groups -OCH3 is 1. The maximum Gasteiger partial charge on any atom is 0.220 e. The van der Waals surface area contributed by atoms with E-state index in [9.17, 15) is 4.79 Å². The Morgan fingerprint density at radius 2 is 1.89 bits per heavy atom. The van der Waals surface area contributed by atoms with Crippen molar-refractivity contribution in [2.24, 2.45) is 5.41 Å². The molecule has 3 fully saturated rings. The van der Waals surface area contributed by atoms with E-state index in [0.717, 1.165) is 54.1 Å². The van der Waals surface area contributed by atoms with E-state index in [4.69, 9.17) is 37.7 Å². The van der Waals surface area contributed by atoms with Crippen LogP contribution in [0, 0.1) is 12.3 Å². The van der Waals surface area contributed by atoms with Crippen molar-refractivity contribution in [3.8, 4) is 34.0 Å². The molecule has 2 saturated heterocycles. The summed E-state index contributed by atoms with van der Waals surface area (Å²) in [6, 6.07) is 18.9. The number of halogens is 2. The van der Waals surface area contributed by atoms with Gasteiger partial charge in [-0.25, -0.2) is 4.98 Å². The molecule has 1 atom stereocenters. The number of hydrogen-bond acceptors (Lipinski definition) is 6. The predicted molar refractivity (Wildman–Crippen MR) is 182 cm³/mol. The summed E-state index contributed by atoms with van der Waals surface area (Å²) in [5.74, 6) is 0.646. The van der Waals surface area contributed by atoms with Gasteiger partial charge in [-0.3, -0.25) is 4.79 Å². The van der Waals surface area contributed by atoms with Gasteiger partial charge in [-0.05, 0) is 56.0 Å². The number of pyridine rings is 1. The molecular weight excluding hydrogens is 621 g/mol. The number of aromatic nitrogens is 2. The smallest absolute Gasteiger partial charge is 0.220 e. The number of hydrogen-bond donors (Lipinski definition) is 3. The first kappa shape index (κ1) is 31.2. The van der Waals surface area contributed by atoms with Crippen LogP contribution in [0.5, 0.6) is 5.88 Å². The van der Waals surface area contributed by atoms with Gasteiger partial charge >= 0.3 is 0 Å². The average molecular weight is 661 g/mol. The Labute approximate surface area is 279 Å². The Balaban J connectivity index is 1.07. The summed E-state index contributed by atoms with van der Waals surface area (Å²) in [7, 11) is 1.62. The Kier molecular flexibility index (Phi) is 8.83. The maximum atomic E-state index is 11.5. The molecule has 0 unspecified atom stereocenters. The van der Waals surface area contributed by atoms with Crippen LogP contribution >= 0.6 is 23.2 Å². The van der Waals surface area contributed by atoms with Crippen LogP contribution in [0.15, 0.2) is 60.8 Å². The summed E-state index contributed by atoms with van der Waals surface area (Å²) >= 11 is 14.0. The van der Waals surface area contributed by atoms with Crippen molar-refractivity contribution in [2.45, 2.75) is 57.8 Å². The van der Waals surface area contributed by atoms with Gasteiger partial charge in [-0.15, -0.1) is 0 Å². The van der Waals surface area contributed by atoms with Gasteiger partial charge in [0, 0.05) is 83.4 Å². The van der Waals surface area contributed by atoms with Crippen molar-refractivity contribution < 1.29 is 14.3 Å². The van der Waals surface area contributed by atoms with Crippen molar-refractivity contribution >= 4 is 29.1 Å². The SMILES string of the molecule is COc1nc(-c2cccc(-c3ccc(-n4ccc(C)c4CNC4CC5(COC5)C4)cc3Cl)c2Cl)ccc1CNC[C@@H]1CCC(=O)N1. The summed E-state index contributed by atoms with van der Waals surface area (Å²) in [5.41, 5.74) is 8.07. The molecule has 4 aromatic rings. The van der Waals surface area contributed by atoms with Gasteiger partial charge in [0.15, 0.2) is 0 Å². The number of rotatable bonds is 11. The third-order valence-electron chi connectivity index (χ3n) is 9.67. The van der Waals surface area contributed by atoms with Gasteiger partial charge in [-0.1, -0.05) is 53.5 Å². The van der Waals surface area contributed by atoms with Crippen LogP contribution in [0.4, 0.5) is 0 Å². The summed E-state index contributed by atoms with van der Waals surface area (Å²) in [6.45, 7) is 6.06. The Hall–Kier alpha value is -3.40. The van der Waals surface area contributed by atoms with E-state index in [-0.39, 0.29) is 11.9 Å². The first-order chi connectivity index (χ1) is 22.3. The van der Waals surface area contributed by atoms with Gasteiger partial charge < -0.3 is 30.0 Å². The van der Waals surface area contributed by atoms with Crippen molar-refractivity contribution in [1.82, 2.24) is 25.5 Å². The second-order valence-corrected chi connectivity index (χ2v) is 13.7. The van der Waals surface area contributed by atoms with Crippen LogP contribution in [0.2, 0.25) is 10.0 Å². The summed E-state index contributed by atoms with van der Waals surface area (Å²) in [4.78, 5) is 16.3. The van der Waals surface area contributed by atoms with Crippen LogP contribution in [0.3, 0.4) is 0 Å². The fourth-order valence-electron chi connectivity index (χ4n) is 6.98. The first-order valence-corrected chi connectivity index (χ1v) is 16.7. The molecule has 46 heavy (non-hydrogen) atoms. The topological polar surface area (TPSA) is 89.4 Å². The maximum absolute atomic E-state index is 11.5. The van der Waals surface area contributed by atoms with Crippen LogP contribution in [-0.4, -0.2) is 54.4 Å². The highest BCUT2D eigenvalue weighted by Gasteiger charge is 2.49. The van der Waals surface area contributed by atoms with Crippen molar-refractivity contribution in [1.29, 1.82) is 0 Å². The molecule has 2 aromatic carbocycles. The zero-order valence-corrected chi connectivity index (χ0v) is 27.7. The van der Waals surface area contributed by atoms with E-state index in [1.54, 1.807) is 7.11 Å². The normalized spacial score (nSPS) is 18.8. The van der Waals surface area contributed by atoms with Crippen molar-refractivity contribution in [2.75, 3.05) is 26.9 Å². The van der Waals surface area contributed by atoms with E-state index in [1.807, 2.05) is 42.5 Å².